The highest BCUT2D eigenvalue weighted by Gasteiger charge is 2.14. The monoisotopic (exact) mass is 497 g/mol. The summed E-state index contributed by atoms with van der Waals surface area (Å²) in [5.41, 5.74) is 3.59. The van der Waals surface area contributed by atoms with Crippen molar-refractivity contribution < 1.29 is 23.7 Å². The summed E-state index contributed by atoms with van der Waals surface area (Å²) >= 11 is 0. The molecule has 0 amide bonds. The third kappa shape index (κ3) is 6.54. The van der Waals surface area contributed by atoms with Gasteiger partial charge in [0.25, 0.3) is 0 Å². The van der Waals surface area contributed by atoms with Crippen molar-refractivity contribution in [1.82, 2.24) is 9.97 Å². The number of anilines is 2. The number of aromatic nitrogens is 2. The predicted octanol–water partition coefficient (Wildman–Crippen LogP) is 4.92. The van der Waals surface area contributed by atoms with Crippen LogP contribution in [-0.4, -0.2) is 49.5 Å². The van der Waals surface area contributed by atoms with Crippen LogP contribution in [0, 0.1) is 19.3 Å². The number of ether oxygens (including phenoxy) is 4. The molecule has 0 radical (unpaired) electrons. The van der Waals surface area contributed by atoms with Crippen molar-refractivity contribution in [3.8, 4) is 23.8 Å². The number of hydrogen-bond donors (Lipinski definition) is 1. The van der Waals surface area contributed by atoms with Gasteiger partial charge in [-0.1, -0.05) is 30.2 Å². The van der Waals surface area contributed by atoms with E-state index in [1.807, 2.05) is 43.3 Å². The molecule has 0 spiro atoms. The summed E-state index contributed by atoms with van der Waals surface area (Å²) in [7, 11) is 1.60. The van der Waals surface area contributed by atoms with Crippen LogP contribution in [0.25, 0.3) is 10.9 Å². The second kappa shape index (κ2) is 12.4. The van der Waals surface area contributed by atoms with Gasteiger partial charge in [-0.15, -0.1) is 6.42 Å². The van der Waals surface area contributed by atoms with Crippen LogP contribution in [0.15, 0.2) is 67.0 Å². The molecule has 0 saturated heterocycles. The van der Waals surface area contributed by atoms with Crippen LogP contribution in [0.4, 0.5) is 11.5 Å². The number of nitrogens with zero attached hydrogens (tertiary/aromatic N) is 2. The highest BCUT2D eigenvalue weighted by Crippen LogP contribution is 2.35. The summed E-state index contributed by atoms with van der Waals surface area (Å²) in [6.07, 6.45) is 7.00. The molecular weight excluding hydrogens is 470 g/mol. The molecule has 4 rings (SSSR count). The predicted molar refractivity (Wildman–Crippen MR) is 142 cm³/mol. The highest BCUT2D eigenvalue weighted by molar-refractivity contribution is 5.93. The molecule has 0 aliphatic carbocycles. The van der Waals surface area contributed by atoms with Crippen LogP contribution in [0.1, 0.15) is 21.5 Å². The smallest absolute Gasteiger partial charge is 0.338 e. The van der Waals surface area contributed by atoms with Crippen molar-refractivity contribution >= 4 is 28.4 Å². The van der Waals surface area contributed by atoms with Gasteiger partial charge in [-0.2, -0.15) is 0 Å². The van der Waals surface area contributed by atoms with Crippen molar-refractivity contribution in [2.24, 2.45) is 0 Å². The normalized spacial score (nSPS) is 10.5. The molecule has 1 aromatic heterocycles. The van der Waals surface area contributed by atoms with E-state index in [-0.39, 0.29) is 13.2 Å². The Kier molecular flexibility index (Phi) is 8.53. The molecule has 1 N–H and O–H groups in total. The van der Waals surface area contributed by atoms with Crippen LogP contribution in [0.5, 0.6) is 11.5 Å². The van der Waals surface area contributed by atoms with Crippen LogP contribution in [0.2, 0.25) is 0 Å². The molecule has 188 valence electrons. The fourth-order valence-corrected chi connectivity index (χ4v) is 3.61. The van der Waals surface area contributed by atoms with E-state index in [9.17, 15) is 4.79 Å². The van der Waals surface area contributed by atoms with E-state index in [0.717, 1.165) is 22.2 Å². The van der Waals surface area contributed by atoms with Crippen molar-refractivity contribution in [1.29, 1.82) is 0 Å². The molecule has 8 heteroatoms. The zero-order valence-corrected chi connectivity index (χ0v) is 20.7. The number of carbonyl (C=O) groups excluding carboxylic acids is 1. The first-order valence-electron chi connectivity index (χ1n) is 11.7. The summed E-state index contributed by atoms with van der Waals surface area (Å²) in [5.74, 6) is 3.77. The number of methoxy groups -OCH3 is 1. The van der Waals surface area contributed by atoms with Gasteiger partial charge in [0.05, 0.1) is 17.7 Å². The number of carbonyl (C=O) groups is 1. The maximum atomic E-state index is 12.4. The van der Waals surface area contributed by atoms with E-state index in [2.05, 4.69) is 21.2 Å². The van der Waals surface area contributed by atoms with Gasteiger partial charge < -0.3 is 24.3 Å². The Bertz CT molecular complexity index is 1430. The molecule has 4 aromatic rings. The Hall–Kier alpha value is -4.61. The van der Waals surface area contributed by atoms with Crippen LogP contribution in [-0.2, 0) is 9.47 Å². The number of hydrogen-bond acceptors (Lipinski definition) is 8. The molecule has 0 fully saturated rings. The first-order valence-corrected chi connectivity index (χ1v) is 11.7. The molecule has 0 aliphatic heterocycles. The number of benzene rings is 3. The SMILES string of the molecule is C#Cc1cccc(Nc2ncnc3cc(OCCOC)c(OCCOC(=O)c4ccccc4C)cc23)c1. The number of nitrogens with one attached hydrogen (secondary N) is 1. The Morgan fingerprint density at radius 1 is 0.946 bits per heavy atom. The number of terminal acetylenes is 1. The van der Waals surface area contributed by atoms with E-state index in [4.69, 9.17) is 25.4 Å². The van der Waals surface area contributed by atoms with Crippen molar-refractivity contribution in [3.05, 3.63) is 83.7 Å². The number of esters is 1. The van der Waals surface area contributed by atoms with Crippen molar-refractivity contribution in [2.45, 2.75) is 6.92 Å². The van der Waals surface area contributed by atoms with Gasteiger partial charge in [-0.25, -0.2) is 14.8 Å². The minimum atomic E-state index is -0.397. The standard InChI is InChI=1S/C29H27N3O5/c1-4-21-9-7-10-22(16-21)32-28-24-17-26(27(35-13-12-34-3)18-25(24)30-19-31-28)36-14-15-37-29(33)23-11-6-5-8-20(23)2/h1,5-11,16-19H,12-15H2,2-3H3,(H,30,31,32). The average molecular weight is 498 g/mol. The summed E-state index contributed by atoms with van der Waals surface area (Å²) in [5, 5.41) is 4.02. The van der Waals surface area contributed by atoms with Crippen molar-refractivity contribution in [2.75, 3.05) is 38.9 Å². The van der Waals surface area contributed by atoms with Gasteiger partial charge in [-0.3, -0.25) is 0 Å². The average Bonchev–Trinajstić information content (AvgIpc) is 2.92. The van der Waals surface area contributed by atoms with E-state index < -0.39 is 5.97 Å². The molecule has 0 atom stereocenters. The van der Waals surface area contributed by atoms with Crippen molar-refractivity contribution in [3.63, 3.8) is 0 Å². The Morgan fingerprint density at radius 2 is 1.73 bits per heavy atom. The number of fused-ring (bicyclic) bond motifs is 1. The fraction of sp³-hybridized carbons (Fsp3) is 0.207. The molecular formula is C29H27N3O5. The lowest BCUT2D eigenvalue weighted by molar-refractivity contribution is 0.0447. The molecule has 0 aliphatic rings. The molecule has 0 unspecified atom stereocenters. The van der Waals surface area contributed by atoms with Gasteiger partial charge in [-0.05, 0) is 42.8 Å². The third-order valence-electron chi connectivity index (χ3n) is 5.48. The highest BCUT2D eigenvalue weighted by atomic mass is 16.6. The van der Waals surface area contributed by atoms with Gasteiger partial charge in [0.2, 0.25) is 0 Å². The Labute approximate surface area is 215 Å². The lowest BCUT2D eigenvalue weighted by Crippen LogP contribution is -2.14. The molecule has 8 nitrogen and oxygen atoms in total. The van der Waals surface area contributed by atoms with Gasteiger partial charge in [0, 0.05) is 29.8 Å². The van der Waals surface area contributed by atoms with E-state index in [1.165, 1.54) is 6.33 Å². The lowest BCUT2D eigenvalue weighted by Gasteiger charge is -2.15. The largest absolute Gasteiger partial charge is 0.487 e. The Balaban J connectivity index is 1.54. The lowest BCUT2D eigenvalue weighted by atomic mass is 10.1. The maximum Gasteiger partial charge on any atom is 0.338 e. The zero-order chi connectivity index (χ0) is 26.0. The summed E-state index contributed by atoms with van der Waals surface area (Å²) in [6, 6.07) is 18.3. The minimum absolute atomic E-state index is 0.0675. The number of aryl methyl sites for hydroxylation is 1. The quantitative estimate of drug-likeness (QED) is 0.177. The molecule has 0 saturated carbocycles. The van der Waals surface area contributed by atoms with Gasteiger partial charge in [0.1, 0.15) is 32.0 Å². The summed E-state index contributed by atoms with van der Waals surface area (Å²) in [6.45, 7) is 2.80. The second-order valence-electron chi connectivity index (χ2n) is 8.03. The van der Waals surface area contributed by atoms with E-state index in [0.29, 0.717) is 41.6 Å². The van der Waals surface area contributed by atoms with Gasteiger partial charge in [0.15, 0.2) is 11.5 Å². The second-order valence-corrected chi connectivity index (χ2v) is 8.03. The van der Waals surface area contributed by atoms with Crippen LogP contribution >= 0.6 is 0 Å². The van der Waals surface area contributed by atoms with Gasteiger partial charge >= 0.3 is 5.97 Å². The zero-order valence-electron chi connectivity index (χ0n) is 20.7. The summed E-state index contributed by atoms with van der Waals surface area (Å²) < 4.78 is 22.4. The fourth-order valence-electron chi connectivity index (χ4n) is 3.61. The van der Waals surface area contributed by atoms with E-state index in [1.54, 1.807) is 31.4 Å². The first kappa shape index (κ1) is 25.5. The molecule has 37 heavy (non-hydrogen) atoms. The maximum absolute atomic E-state index is 12.4. The molecule has 1 heterocycles. The van der Waals surface area contributed by atoms with Crippen LogP contribution in [0.3, 0.4) is 0 Å². The van der Waals surface area contributed by atoms with Crippen LogP contribution < -0.4 is 14.8 Å². The number of rotatable bonds is 11. The Morgan fingerprint density at radius 3 is 2.51 bits per heavy atom. The summed E-state index contributed by atoms with van der Waals surface area (Å²) in [4.78, 5) is 21.2. The molecule has 3 aromatic carbocycles. The minimum Gasteiger partial charge on any atom is -0.487 e. The van der Waals surface area contributed by atoms with E-state index >= 15 is 0 Å². The third-order valence-corrected chi connectivity index (χ3v) is 5.48. The topological polar surface area (TPSA) is 91.8 Å². The molecule has 0 bridgehead atoms. The first-order chi connectivity index (χ1) is 18.1.